The molecule has 2 aromatic rings. The predicted octanol–water partition coefficient (Wildman–Crippen LogP) is 3.01. The molecule has 1 aromatic heterocycles. The van der Waals surface area contributed by atoms with Crippen LogP contribution >= 0.6 is 15.9 Å². The monoisotopic (exact) mass is 481 g/mol. The molecule has 0 radical (unpaired) electrons. The third-order valence-electron chi connectivity index (χ3n) is 3.78. The predicted molar refractivity (Wildman–Crippen MR) is 112 cm³/mol. The maximum atomic E-state index is 12.4. The summed E-state index contributed by atoms with van der Waals surface area (Å²) in [7, 11) is 1.76. The first-order valence-electron chi connectivity index (χ1n) is 8.50. The van der Waals surface area contributed by atoms with Gasteiger partial charge < -0.3 is 9.64 Å². The number of halogens is 3. The van der Waals surface area contributed by atoms with E-state index in [4.69, 9.17) is 4.74 Å². The molecule has 0 spiro atoms. The zero-order chi connectivity index (χ0) is 22.1. The van der Waals surface area contributed by atoms with Gasteiger partial charge in [-0.25, -0.2) is 8.78 Å². The van der Waals surface area contributed by atoms with Crippen LogP contribution in [0.2, 0.25) is 0 Å². The molecule has 0 aliphatic carbocycles. The van der Waals surface area contributed by atoms with Gasteiger partial charge in [0.15, 0.2) is 6.61 Å². The van der Waals surface area contributed by atoms with Crippen LogP contribution in [0.15, 0.2) is 51.2 Å². The van der Waals surface area contributed by atoms with Gasteiger partial charge in [0, 0.05) is 24.4 Å². The number of rotatable bonds is 9. The Kier molecular flexibility index (Phi) is 8.54. The molecule has 11 heteroatoms. The second kappa shape index (κ2) is 11.1. The Bertz CT molecular complexity index is 938. The van der Waals surface area contributed by atoms with E-state index >= 15 is 0 Å². The lowest BCUT2D eigenvalue weighted by molar-refractivity contribution is -0.108. The first-order chi connectivity index (χ1) is 14.3. The Morgan fingerprint density at radius 2 is 2.17 bits per heavy atom. The summed E-state index contributed by atoms with van der Waals surface area (Å²) in [6.45, 7) is 2.69. The normalized spacial score (nSPS) is 11.2. The fraction of sp³-hybridized carbons (Fsp3) is 0.211. The van der Waals surface area contributed by atoms with Gasteiger partial charge in [-0.05, 0) is 30.3 Å². The zero-order valence-corrected chi connectivity index (χ0v) is 17.5. The van der Waals surface area contributed by atoms with Gasteiger partial charge in [0.05, 0.1) is 29.1 Å². The molecule has 2 rings (SSSR count). The number of imide groups is 1. The molecule has 0 saturated carbocycles. The number of aromatic nitrogens is 1. The van der Waals surface area contributed by atoms with Crippen molar-refractivity contribution >= 4 is 46.5 Å². The van der Waals surface area contributed by atoms with E-state index < -0.39 is 18.9 Å². The van der Waals surface area contributed by atoms with Gasteiger partial charge in [-0.3, -0.25) is 19.9 Å². The van der Waals surface area contributed by atoms with Crippen molar-refractivity contribution in [3.63, 3.8) is 0 Å². The number of ether oxygens (including phenoxy) is 1. The average molecular weight is 482 g/mol. The summed E-state index contributed by atoms with van der Waals surface area (Å²) >= 11 is 3.37. The van der Waals surface area contributed by atoms with Crippen molar-refractivity contribution < 1.29 is 23.1 Å². The highest BCUT2D eigenvalue weighted by atomic mass is 79.9. The Morgan fingerprint density at radius 3 is 2.77 bits per heavy atom. The summed E-state index contributed by atoms with van der Waals surface area (Å²) in [5, 5.41) is 9.05. The number of hydrogen-bond acceptors (Lipinski definition) is 7. The Labute approximate surface area is 179 Å². The Hall–Kier alpha value is -3.21. The van der Waals surface area contributed by atoms with Crippen molar-refractivity contribution in [2.24, 2.45) is 10.2 Å². The van der Waals surface area contributed by atoms with E-state index in [2.05, 4.69) is 43.2 Å². The Morgan fingerprint density at radius 1 is 1.40 bits per heavy atom. The minimum atomic E-state index is -2.66. The summed E-state index contributed by atoms with van der Waals surface area (Å²) in [6, 6.07) is 8.30. The quantitative estimate of drug-likeness (QED) is 0.257. The lowest BCUT2D eigenvalue weighted by Gasteiger charge is -2.22. The fourth-order valence-electron chi connectivity index (χ4n) is 2.49. The summed E-state index contributed by atoms with van der Waals surface area (Å²) < 4.78 is 30.5. The second-order valence-corrected chi connectivity index (χ2v) is 6.81. The summed E-state index contributed by atoms with van der Waals surface area (Å²) in [5.41, 5.74) is 1.88. The first-order valence-corrected chi connectivity index (χ1v) is 9.30. The first kappa shape index (κ1) is 23.1. The number of pyridine rings is 1. The third kappa shape index (κ3) is 6.41. The highest BCUT2D eigenvalue weighted by Crippen LogP contribution is 2.25. The minimum Gasteiger partial charge on any atom is -0.470 e. The van der Waals surface area contributed by atoms with Gasteiger partial charge in [-0.1, -0.05) is 15.9 Å². The van der Waals surface area contributed by atoms with E-state index in [0.717, 1.165) is 4.47 Å². The van der Waals surface area contributed by atoms with Crippen LogP contribution in [-0.2, 0) is 16.1 Å². The van der Waals surface area contributed by atoms with Crippen LogP contribution in [0, 0.1) is 0 Å². The van der Waals surface area contributed by atoms with E-state index in [-0.39, 0.29) is 5.90 Å². The van der Waals surface area contributed by atoms with Crippen molar-refractivity contribution in [3.05, 3.63) is 57.8 Å². The van der Waals surface area contributed by atoms with Gasteiger partial charge in [-0.15, -0.1) is 5.10 Å². The van der Waals surface area contributed by atoms with Gasteiger partial charge in [0.1, 0.15) is 0 Å². The summed E-state index contributed by atoms with van der Waals surface area (Å²) in [6.07, 6.45) is -0.918. The number of benzene rings is 1. The highest BCUT2D eigenvalue weighted by molar-refractivity contribution is 9.10. The molecule has 0 unspecified atom stereocenters. The van der Waals surface area contributed by atoms with Crippen LogP contribution in [0.4, 0.5) is 14.5 Å². The van der Waals surface area contributed by atoms with E-state index in [1.165, 1.54) is 6.20 Å². The van der Waals surface area contributed by atoms with Crippen LogP contribution in [0.25, 0.3) is 0 Å². The lowest BCUT2D eigenvalue weighted by Crippen LogP contribution is -2.26. The molecular formula is C19H18BrF2N5O3. The molecular weight excluding hydrogens is 464 g/mol. The number of amides is 2. The number of nitrogens with zero attached hydrogens (tertiary/aromatic N) is 4. The Balaban J connectivity index is 2.20. The molecule has 1 heterocycles. The topological polar surface area (TPSA) is 96.3 Å². The van der Waals surface area contributed by atoms with Crippen LogP contribution in [0.5, 0.6) is 0 Å². The van der Waals surface area contributed by atoms with Crippen LogP contribution in [0.3, 0.4) is 0 Å². The van der Waals surface area contributed by atoms with Gasteiger partial charge in [0.25, 0.3) is 12.3 Å². The number of carbonyl (C=O) groups excluding carboxylic acids is 2. The van der Waals surface area contributed by atoms with Gasteiger partial charge >= 0.3 is 0 Å². The molecule has 0 aliphatic heterocycles. The number of alkyl halides is 2. The summed E-state index contributed by atoms with van der Waals surface area (Å²) in [5.74, 6) is -0.644. The van der Waals surface area contributed by atoms with Gasteiger partial charge in [-0.2, -0.15) is 5.10 Å². The SMILES string of the molecule is C=N/N=C(\OCC(F)F)c1ccc(CN(C)c2cc(Br)ccc2C(=O)NC=O)nc1. The maximum absolute atomic E-state index is 12.4. The molecule has 30 heavy (non-hydrogen) atoms. The molecule has 0 aliphatic rings. The standard InChI is InChI=1S/C19H18BrF2N5O3/c1-23-26-19(30-10-17(21)22)12-3-5-14(24-8-12)9-27(2)16-7-13(20)4-6-15(16)18(29)25-11-28/h3-8,11,17H,1,9-10H2,2H3,(H,25,28,29)/b26-19-. The van der Waals surface area contributed by atoms with Crippen molar-refractivity contribution in [2.75, 3.05) is 18.6 Å². The molecule has 1 N–H and O–H groups in total. The second-order valence-electron chi connectivity index (χ2n) is 5.90. The highest BCUT2D eigenvalue weighted by Gasteiger charge is 2.16. The number of carbonyl (C=O) groups is 2. The number of anilines is 1. The molecule has 2 amide bonds. The maximum Gasteiger partial charge on any atom is 0.272 e. The smallest absolute Gasteiger partial charge is 0.272 e. The van der Waals surface area contributed by atoms with Crippen LogP contribution in [-0.4, -0.2) is 50.0 Å². The molecule has 1 aromatic carbocycles. The van der Waals surface area contributed by atoms with E-state index in [1.807, 2.05) is 0 Å². The van der Waals surface area contributed by atoms with Crippen LogP contribution < -0.4 is 10.2 Å². The molecule has 0 bridgehead atoms. The number of nitrogens with one attached hydrogen (secondary N) is 1. The van der Waals surface area contributed by atoms with Gasteiger partial charge in [0.2, 0.25) is 12.3 Å². The van der Waals surface area contributed by atoms with E-state index in [0.29, 0.717) is 35.5 Å². The average Bonchev–Trinajstić information content (AvgIpc) is 2.71. The molecule has 0 atom stereocenters. The minimum absolute atomic E-state index is 0.113. The lowest BCUT2D eigenvalue weighted by atomic mass is 10.1. The van der Waals surface area contributed by atoms with E-state index in [9.17, 15) is 18.4 Å². The molecule has 0 fully saturated rings. The summed E-state index contributed by atoms with van der Waals surface area (Å²) in [4.78, 5) is 28.8. The molecule has 0 saturated heterocycles. The molecule has 158 valence electrons. The van der Waals surface area contributed by atoms with Crippen molar-refractivity contribution in [1.29, 1.82) is 0 Å². The van der Waals surface area contributed by atoms with Crippen molar-refractivity contribution in [3.8, 4) is 0 Å². The molecule has 8 nitrogen and oxygen atoms in total. The zero-order valence-electron chi connectivity index (χ0n) is 15.9. The third-order valence-corrected chi connectivity index (χ3v) is 4.28. The van der Waals surface area contributed by atoms with E-state index in [1.54, 1.807) is 42.3 Å². The number of hydrogen-bond donors (Lipinski definition) is 1. The van der Waals surface area contributed by atoms with Crippen LogP contribution in [0.1, 0.15) is 21.6 Å². The largest absolute Gasteiger partial charge is 0.470 e. The fourth-order valence-corrected chi connectivity index (χ4v) is 2.84. The van der Waals surface area contributed by atoms with Crippen molar-refractivity contribution in [2.45, 2.75) is 13.0 Å². The van der Waals surface area contributed by atoms with Crippen molar-refractivity contribution in [1.82, 2.24) is 10.3 Å².